The third-order valence-electron chi connectivity index (χ3n) is 10.1. The SMILES string of the molecule is CC(=O)N1CCN(C(=O)CCC2Cc3ccccc3-c3c(C4CCCCC4)c4ccc(C(=O)NS(=O)(=O)N(C)C)cc4n3C2)CC1. The quantitative estimate of drug-likeness (QED) is 0.405. The molecule has 0 radical (unpaired) electrons. The van der Waals surface area contributed by atoms with E-state index in [-0.39, 0.29) is 17.7 Å². The standard InChI is InChI=1S/C35H45N5O5S/c1-24(41)38-17-19-39(20-18-38)32(42)16-13-25-21-27-11-7-8-12-29(27)34-33(26-9-5-4-6-10-26)30-15-14-28(22-31(30)40(34)23-25)35(43)36-46(44,45)37(2)3/h7-8,11-12,14-15,22,25-26H,4-6,9-10,13,16-21,23H2,1-3H3,(H,36,43). The molecule has 0 bridgehead atoms. The summed E-state index contributed by atoms with van der Waals surface area (Å²) in [5.74, 6) is 0.104. The Labute approximate surface area is 271 Å². The molecule has 2 aromatic carbocycles. The maximum Gasteiger partial charge on any atom is 0.303 e. The summed E-state index contributed by atoms with van der Waals surface area (Å²) >= 11 is 0. The molecule has 1 saturated carbocycles. The van der Waals surface area contributed by atoms with Crippen LogP contribution in [0.2, 0.25) is 0 Å². The molecule has 1 atom stereocenters. The molecule has 3 aromatic rings. The summed E-state index contributed by atoms with van der Waals surface area (Å²) in [6.45, 7) is 4.55. The molecule has 11 heteroatoms. The number of nitrogens with one attached hydrogen (secondary N) is 1. The first-order chi connectivity index (χ1) is 22.0. The van der Waals surface area contributed by atoms with Gasteiger partial charge in [0.15, 0.2) is 0 Å². The van der Waals surface area contributed by atoms with Crippen molar-refractivity contribution in [3.05, 3.63) is 59.2 Å². The van der Waals surface area contributed by atoms with Crippen LogP contribution in [-0.2, 0) is 32.8 Å². The van der Waals surface area contributed by atoms with Crippen molar-refractivity contribution in [1.82, 2.24) is 23.4 Å². The highest BCUT2D eigenvalue weighted by molar-refractivity contribution is 7.87. The number of nitrogens with zero attached hydrogens (tertiary/aromatic N) is 4. The molecule has 2 aliphatic heterocycles. The number of carbonyl (C=O) groups excluding carboxylic acids is 3. The largest absolute Gasteiger partial charge is 0.340 e. The van der Waals surface area contributed by atoms with E-state index < -0.39 is 16.1 Å². The molecule has 1 N–H and O–H groups in total. The minimum Gasteiger partial charge on any atom is -0.340 e. The summed E-state index contributed by atoms with van der Waals surface area (Å²) in [4.78, 5) is 42.0. The molecular weight excluding hydrogens is 602 g/mol. The number of carbonyl (C=O) groups is 3. The number of hydrogen-bond donors (Lipinski definition) is 1. The molecule has 1 saturated heterocycles. The lowest BCUT2D eigenvalue weighted by Crippen LogP contribution is -2.50. The number of amides is 3. The number of hydrogen-bond acceptors (Lipinski definition) is 5. The van der Waals surface area contributed by atoms with E-state index in [2.05, 4.69) is 33.6 Å². The van der Waals surface area contributed by atoms with Crippen molar-refractivity contribution in [2.45, 2.75) is 70.8 Å². The molecule has 1 aromatic heterocycles. The highest BCUT2D eigenvalue weighted by atomic mass is 32.2. The number of benzene rings is 2. The Morgan fingerprint density at radius 2 is 1.63 bits per heavy atom. The first-order valence-electron chi connectivity index (χ1n) is 16.6. The summed E-state index contributed by atoms with van der Waals surface area (Å²) in [5.41, 5.74) is 6.22. The van der Waals surface area contributed by atoms with Crippen LogP contribution in [0.15, 0.2) is 42.5 Å². The van der Waals surface area contributed by atoms with E-state index in [1.165, 1.54) is 55.7 Å². The molecule has 1 unspecified atom stereocenters. The van der Waals surface area contributed by atoms with Gasteiger partial charge in [0, 0.05) is 82.2 Å². The van der Waals surface area contributed by atoms with E-state index >= 15 is 0 Å². The second-order valence-electron chi connectivity index (χ2n) is 13.3. The minimum atomic E-state index is -3.94. The van der Waals surface area contributed by atoms with E-state index in [0.29, 0.717) is 50.6 Å². The van der Waals surface area contributed by atoms with Crippen LogP contribution < -0.4 is 4.72 Å². The normalized spacial score (nSPS) is 19.1. The zero-order valence-electron chi connectivity index (χ0n) is 27.1. The topological polar surface area (TPSA) is 112 Å². The maximum atomic E-state index is 13.3. The Morgan fingerprint density at radius 3 is 2.33 bits per heavy atom. The van der Waals surface area contributed by atoms with Crippen molar-refractivity contribution in [2.24, 2.45) is 5.92 Å². The molecule has 6 rings (SSSR count). The Balaban J connectivity index is 1.36. The van der Waals surface area contributed by atoms with Gasteiger partial charge in [-0.2, -0.15) is 12.7 Å². The molecular formula is C35H45N5O5S. The van der Waals surface area contributed by atoms with Crippen LogP contribution in [0.4, 0.5) is 0 Å². The molecule has 46 heavy (non-hydrogen) atoms. The summed E-state index contributed by atoms with van der Waals surface area (Å²) in [7, 11) is -1.17. The Hall–Kier alpha value is -3.70. The zero-order chi connectivity index (χ0) is 32.6. The number of fused-ring (bicyclic) bond motifs is 5. The Bertz CT molecular complexity index is 1750. The predicted molar refractivity (Wildman–Crippen MR) is 179 cm³/mol. The third-order valence-corrected chi connectivity index (χ3v) is 11.6. The monoisotopic (exact) mass is 647 g/mol. The van der Waals surface area contributed by atoms with E-state index in [4.69, 9.17) is 0 Å². The smallest absolute Gasteiger partial charge is 0.303 e. The van der Waals surface area contributed by atoms with Crippen molar-refractivity contribution in [1.29, 1.82) is 0 Å². The van der Waals surface area contributed by atoms with E-state index in [1.54, 1.807) is 17.9 Å². The number of rotatable bonds is 7. The zero-order valence-corrected chi connectivity index (χ0v) is 27.9. The van der Waals surface area contributed by atoms with Gasteiger partial charge in [0.1, 0.15) is 0 Å². The van der Waals surface area contributed by atoms with Crippen molar-refractivity contribution >= 4 is 38.8 Å². The molecule has 3 aliphatic rings. The minimum absolute atomic E-state index is 0.0477. The van der Waals surface area contributed by atoms with Gasteiger partial charge in [-0.3, -0.25) is 14.4 Å². The molecule has 246 valence electrons. The van der Waals surface area contributed by atoms with Crippen LogP contribution in [0.5, 0.6) is 0 Å². The fourth-order valence-electron chi connectivity index (χ4n) is 7.58. The van der Waals surface area contributed by atoms with Crippen LogP contribution in [0, 0.1) is 5.92 Å². The van der Waals surface area contributed by atoms with Gasteiger partial charge in [-0.15, -0.1) is 0 Å². The van der Waals surface area contributed by atoms with E-state index in [9.17, 15) is 22.8 Å². The highest BCUT2D eigenvalue weighted by Gasteiger charge is 2.32. The van der Waals surface area contributed by atoms with Crippen molar-refractivity contribution in [3.63, 3.8) is 0 Å². The lowest BCUT2D eigenvalue weighted by Gasteiger charge is -2.34. The fraction of sp³-hybridized carbons (Fsp3) is 0.514. The van der Waals surface area contributed by atoms with E-state index in [0.717, 1.165) is 40.9 Å². The molecule has 1 aliphatic carbocycles. The molecule has 10 nitrogen and oxygen atoms in total. The predicted octanol–water partition coefficient (Wildman–Crippen LogP) is 4.54. The van der Waals surface area contributed by atoms with Gasteiger partial charge in [0.25, 0.3) is 5.91 Å². The van der Waals surface area contributed by atoms with E-state index in [1.807, 2.05) is 17.0 Å². The first kappa shape index (κ1) is 32.2. The molecule has 3 amide bonds. The second-order valence-corrected chi connectivity index (χ2v) is 15.2. The average molecular weight is 648 g/mol. The van der Waals surface area contributed by atoms with Crippen molar-refractivity contribution in [3.8, 4) is 11.3 Å². The van der Waals surface area contributed by atoms with Gasteiger partial charge in [-0.1, -0.05) is 49.6 Å². The van der Waals surface area contributed by atoms with Crippen LogP contribution in [-0.4, -0.2) is 85.1 Å². The van der Waals surface area contributed by atoms with Crippen molar-refractivity contribution < 1.29 is 22.8 Å². The molecule has 0 spiro atoms. The Kier molecular flexibility index (Phi) is 9.25. The van der Waals surface area contributed by atoms with Gasteiger partial charge >= 0.3 is 10.2 Å². The third kappa shape index (κ3) is 6.44. The lowest BCUT2D eigenvalue weighted by molar-refractivity contribution is -0.138. The van der Waals surface area contributed by atoms with Gasteiger partial charge in [0.2, 0.25) is 11.8 Å². The fourth-order valence-corrected chi connectivity index (χ4v) is 8.12. The molecule has 3 heterocycles. The summed E-state index contributed by atoms with van der Waals surface area (Å²) in [5, 5.41) is 1.11. The first-order valence-corrected chi connectivity index (χ1v) is 18.0. The van der Waals surface area contributed by atoms with Gasteiger partial charge in [-0.25, -0.2) is 4.72 Å². The van der Waals surface area contributed by atoms with Crippen LogP contribution in [0.3, 0.4) is 0 Å². The van der Waals surface area contributed by atoms with Crippen LogP contribution in [0.25, 0.3) is 22.2 Å². The van der Waals surface area contributed by atoms with Crippen LogP contribution >= 0.6 is 0 Å². The second kappa shape index (κ2) is 13.2. The summed E-state index contributed by atoms with van der Waals surface area (Å²) < 4.78 is 30.5. The summed E-state index contributed by atoms with van der Waals surface area (Å²) in [6, 6.07) is 14.2. The summed E-state index contributed by atoms with van der Waals surface area (Å²) in [6.07, 6.45) is 7.85. The molecule has 2 fully saturated rings. The average Bonchev–Trinajstić information content (AvgIpc) is 3.26. The van der Waals surface area contributed by atoms with Gasteiger partial charge in [0.05, 0.1) is 5.69 Å². The van der Waals surface area contributed by atoms with Gasteiger partial charge < -0.3 is 14.4 Å². The van der Waals surface area contributed by atoms with Crippen molar-refractivity contribution in [2.75, 3.05) is 40.3 Å². The van der Waals surface area contributed by atoms with Gasteiger partial charge in [-0.05, 0) is 60.8 Å². The highest BCUT2D eigenvalue weighted by Crippen LogP contribution is 2.47. The lowest BCUT2D eigenvalue weighted by atomic mass is 9.81. The number of piperazine rings is 1. The maximum absolute atomic E-state index is 13.3. The number of aromatic nitrogens is 1. The Morgan fingerprint density at radius 1 is 0.935 bits per heavy atom. The van der Waals surface area contributed by atoms with Crippen LogP contribution in [0.1, 0.15) is 79.3 Å².